The molecule has 0 bridgehead atoms. The molecule has 0 amide bonds. The minimum Gasteiger partial charge on any atom is -0.354 e. The predicted octanol–water partition coefficient (Wildman–Crippen LogP) is 4.54. The average Bonchev–Trinajstić information content (AvgIpc) is 2.42. The van der Waals surface area contributed by atoms with E-state index in [4.69, 9.17) is 34.8 Å². The highest BCUT2D eigenvalue weighted by Crippen LogP contribution is 2.28. The van der Waals surface area contributed by atoms with Crippen LogP contribution < -0.4 is 10.6 Å². The van der Waals surface area contributed by atoms with Crippen molar-refractivity contribution in [2.45, 2.75) is 13.3 Å². The normalized spacial score (nSPS) is 10.5. The summed E-state index contributed by atoms with van der Waals surface area (Å²) in [6.07, 6.45) is 0.912. The van der Waals surface area contributed by atoms with E-state index in [-0.39, 0.29) is 21.3 Å². The van der Waals surface area contributed by atoms with Gasteiger partial charge in [0.05, 0.1) is 10.0 Å². The number of aromatic nitrogens is 3. The Labute approximate surface area is 135 Å². The molecule has 0 unspecified atom stereocenters. The number of hydrogen-bond acceptors (Lipinski definition) is 5. The maximum Gasteiger partial charge on any atom is 0.233 e. The molecule has 0 aliphatic heterocycles. The lowest BCUT2D eigenvalue weighted by molar-refractivity contribution is 0.629. The molecule has 21 heavy (non-hydrogen) atoms. The smallest absolute Gasteiger partial charge is 0.233 e. The second-order valence-corrected chi connectivity index (χ2v) is 5.21. The van der Waals surface area contributed by atoms with E-state index in [2.05, 4.69) is 25.6 Å². The number of rotatable bonds is 5. The van der Waals surface area contributed by atoms with Crippen LogP contribution in [0.15, 0.2) is 12.1 Å². The molecule has 0 aliphatic carbocycles. The molecule has 2 rings (SSSR count). The number of halogens is 4. The van der Waals surface area contributed by atoms with Gasteiger partial charge in [0.25, 0.3) is 0 Å². The summed E-state index contributed by atoms with van der Waals surface area (Å²) in [7, 11) is 0. The minimum absolute atomic E-state index is 0.0328. The number of hydrogen-bond donors (Lipinski definition) is 2. The van der Waals surface area contributed by atoms with Crippen LogP contribution >= 0.6 is 34.8 Å². The first-order chi connectivity index (χ1) is 9.99. The molecular formula is C12H11Cl3FN5. The van der Waals surface area contributed by atoms with Crippen LogP contribution in [0.3, 0.4) is 0 Å². The number of nitrogens with one attached hydrogen (secondary N) is 2. The van der Waals surface area contributed by atoms with E-state index in [1.807, 2.05) is 6.92 Å². The lowest BCUT2D eigenvalue weighted by Crippen LogP contribution is -2.07. The zero-order valence-electron chi connectivity index (χ0n) is 10.9. The van der Waals surface area contributed by atoms with Gasteiger partial charge in [0, 0.05) is 12.2 Å². The van der Waals surface area contributed by atoms with E-state index in [1.54, 1.807) is 0 Å². The topological polar surface area (TPSA) is 62.7 Å². The molecule has 0 fully saturated rings. The lowest BCUT2D eigenvalue weighted by Gasteiger charge is -2.09. The fourth-order valence-corrected chi connectivity index (χ4v) is 2.13. The monoisotopic (exact) mass is 349 g/mol. The van der Waals surface area contributed by atoms with Crippen molar-refractivity contribution in [1.29, 1.82) is 0 Å². The molecule has 0 aliphatic rings. The second kappa shape index (κ2) is 7.06. The summed E-state index contributed by atoms with van der Waals surface area (Å²) in [6.45, 7) is 2.71. The predicted molar refractivity (Wildman–Crippen MR) is 83.3 cm³/mol. The standard InChI is InChI=1S/C12H11Cl3FN5/c1-2-3-17-11-19-10(15)20-12(21-11)18-6-4-7(13)9(16)8(14)5-6/h4-5H,2-3H2,1H3,(H2,17,18,19,20,21). The summed E-state index contributed by atoms with van der Waals surface area (Å²) in [5, 5.41) is 5.67. The zero-order valence-corrected chi connectivity index (χ0v) is 13.2. The van der Waals surface area contributed by atoms with Crippen LogP contribution in [0.25, 0.3) is 0 Å². The largest absolute Gasteiger partial charge is 0.354 e. The first-order valence-electron chi connectivity index (χ1n) is 6.06. The van der Waals surface area contributed by atoms with E-state index >= 15 is 0 Å². The molecule has 9 heteroatoms. The zero-order chi connectivity index (χ0) is 15.4. The Bertz CT molecular complexity index is 630. The van der Waals surface area contributed by atoms with Crippen molar-refractivity contribution in [2.75, 3.05) is 17.2 Å². The van der Waals surface area contributed by atoms with Crippen LogP contribution in [0, 0.1) is 5.82 Å². The molecule has 2 N–H and O–H groups in total. The molecule has 0 spiro atoms. The van der Waals surface area contributed by atoms with Gasteiger partial charge in [0.1, 0.15) is 0 Å². The van der Waals surface area contributed by atoms with Gasteiger partial charge in [0.2, 0.25) is 17.2 Å². The van der Waals surface area contributed by atoms with Gasteiger partial charge in [-0.05, 0) is 30.2 Å². The van der Waals surface area contributed by atoms with Crippen LogP contribution in [0.2, 0.25) is 15.3 Å². The number of benzene rings is 1. The van der Waals surface area contributed by atoms with E-state index in [0.717, 1.165) is 6.42 Å². The highest BCUT2D eigenvalue weighted by molar-refractivity contribution is 6.35. The third-order valence-electron chi connectivity index (χ3n) is 2.38. The average molecular weight is 351 g/mol. The molecule has 5 nitrogen and oxygen atoms in total. The molecule has 0 atom stereocenters. The van der Waals surface area contributed by atoms with E-state index < -0.39 is 5.82 Å². The van der Waals surface area contributed by atoms with Gasteiger partial charge in [-0.15, -0.1) is 0 Å². The third-order valence-corrected chi connectivity index (χ3v) is 3.10. The highest BCUT2D eigenvalue weighted by Gasteiger charge is 2.10. The first kappa shape index (κ1) is 16.0. The minimum atomic E-state index is -0.678. The molecular weight excluding hydrogens is 340 g/mol. The van der Waals surface area contributed by atoms with Crippen molar-refractivity contribution in [3.63, 3.8) is 0 Å². The fourth-order valence-electron chi connectivity index (χ4n) is 1.48. The van der Waals surface area contributed by atoms with Crippen LogP contribution in [0.1, 0.15) is 13.3 Å². The number of nitrogens with zero attached hydrogens (tertiary/aromatic N) is 3. The van der Waals surface area contributed by atoms with Gasteiger partial charge in [-0.1, -0.05) is 30.1 Å². The maximum atomic E-state index is 13.4. The van der Waals surface area contributed by atoms with Crippen molar-refractivity contribution in [2.24, 2.45) is 0 Å². The van der Waals surface area contributed by atoms with Gasteiger partial charge in [0.15, 0.2) is 5.82 Å². The van der Waals surface area contributed by atoms with E-state index in [1.165, 1.54) is 12.1 Å². The molecule has 1 aromatic carbocycles. The molecule has 112 valence electrons. The van der Waals surface area contributed by atoms with Gasteiger partial charge in [-0.2, -0.15) is 15.0 Å². The Balaban J connectivity index is 2.24. The molecule has 0 radical (unpaired) electrons. The Morgan fingerprint density at radius 2 is 1.67 bits per heavy atom. The Kier molecular flexibility index (Phi) is 5.39. The van der Waals surface area contributed by atoms with E-state index in [9.17, 15) is 4.39 Å². The first-order valence-corrected chi connectivity index (χ1v) is 7.20. The Morgan fingerprint density at radius 1 is 1.05 bits per heavy atom. The lowest BCUT2D eigenvalue weighted by atomic mass is 10.3. The molecule has 2 aromatic rings. The molecule has 1 aromatic heterocycles. The molecule has 0 saturated heterocycles. The quantitative estimate of drug-likeness (QED) is 0.775. The Hall–Kier alpha value is -1.37. The van der Waals surface area contributed by atoms with Crippen LogP contribution in [-0.2, 0) is 0 Å². The summed E-state index contributed by atoms with van der Waals surface area (Å²) in [6, 6.07) is 2.75. The van der Waals surface area contributed by atoms with Crippen molar-refractivity contribution in [3.05, 3.63) is 33.3 Å². The van der Waals surface area contributed by atoms with Crippen molar-refractivity contribution in [1.82, 2.24) is 15.0 Å². The SMILES string of the molecule is CCCNc1nc(Cl)nc(Nc2cc(Cl)c(F)c(Cl)c2)n1. The van der Waals surface area contributed by atoms with Crippen molar-refractivity contribution in [3.8, 4) is 0 Å². The van der Waals surface area contributed by atoms with Crippen molar-refractivity contribution >= 4 is 52.4 Å². The maximum absolute atomic E-state index is 13.4. The summed E-state index contributed by atoms with van der Waals surface area (Å²) in [5.41, 5.74) is 0.440. The summed E-state index contributed by atoms with van der Waals surface area (Å²) in [5.74, 6) is -0.131. The van der Waals surface area contributed by atoms with Gasteiger partial charge >= 0.3 is 0 Å². The molecule has 0 saturated carbocycles. The Morgan fingerprint density at radius 3 is 2.29 bits per heavy atom. The highest BCUT2D eigenvalue weighted by atomic mass is 35.5. The second-order valence-electron chi connectivity index (χ2n) is 4.06. The third kappa shape index (κ3) is 4.30. The van der Waals surface area contributed by atoms with Crippen LogP contribution in [0.5, 0.6) is 0 Å². The van der Waals surface area contributed by atoms with E-state index in [0.29, 0.717) is 18.2 Å². The summed E-state index contributed by atoms with van der Waals surface area (Å²) in [4.78, 5) is 12.0. The summed E-state index contributed by atoms with van der Waals surface area (Å²) >= 11 is 17.3. The fraction of sp³-hybridized carbons (Fsp3) is 0.250. The van der Waals surface area contributed by atoms with Crippen LogP contribution in [0.4, 0.5) is 22.0 Å². The van der Waals surface area contributed by atoms with Gasteiger partial charge in [-0.3, -0.25) is 0 Å². The summed E-state index contributed by atoms with van der Waals surface area (Å²) < 4.78 is 13.4. The van der Waals surface area contributed by atoms with Gasteiger partial charge < -0.3 is 10.6 Å². The van der Waals surface area contributed by atoms with Gasteiger partial charge in [-0.25, -0.2) is 4.39 Å². The van der Waals surface area contributed by atoms with Crippen molar-refractivity contribution < 1.29 is 4.39 Å². The van der Waals surface area contributed by atoms with Crippen LogP contribution in [-0.4, -0.2) is 21.5 Å². The number of anilines is 3. The molecule has 1 heterocycles.